The first kappa shape index (κ1) is 11.8. The molecule has 3 heteroatoms. The highest BCUT2D eigenvalue weighted by molar-refractivity contribution is 7.99. The minimum atomic E-state index is -0.00352. The molecule has 0 aromatic carbocycles. The highest BCUT2D eigenvalue weighted by Gasteiger charge is 2.10. The number of hydrogen-bond acceptors (Lipinski definition) is 3. The smallest absolute Gasteiger partial charge is 0.104 e. The molecule has 2 unspecified atom stereocenters. The van der Waals surface area contributed by atoms with Crippen LogP contribution in [0.25, 0.3) is 0 Å². The number of rotatable bonds is 5. The Hall–Kier alpha value is -0.200. The number of hydrogen-bond donors (Lipinski definition) is 1. The molecule has 1 N–H and O–H groups in total. The molecule has 70 valence electrons. The third-order valence-electron chi connectivity index (χ3n) is 1.97. The fourth-order valence-electron chi connectivity index (χ4n) is 0.626. The zero-order chi connectivity index (χ0) is 9.56. The van der Waals surface area contributed by atoms with Crippen LogP contribution in [-0.2, 0) is 0 Å². The Bertz CT molecular complexity index is 151. The van der Waals surface area contributed by atoms with Gasteiger partial charge in [-0.2, -0.15) is 17.0 Å². The third-order valence-corrected chi connectivity index (χ3v) is 3.56. The van der Waals surface area contributed by atoms with Crippen molar-refractivity contribution in [2.75, 3.05) is 12.8 Å². The second-order valence-electron chi connectivity index (χ2n) is 3.25. The quantitative estimate of drug-likeness (QED) is 0.712. The molecule has 12 heavy (non-hydrogen) atoms. The van der Waals surface area contributed by atoms with Gasteiger partial charge in [-0.1, -0.05) is 20.8 Å². The Kier molecular flexibility index (Phi) is 6.23. The van der Waals surface area contributed by atoms with Crippen LogP contribution in [0.15, 0.2) is 0 Å². The molecule has 0 aromatic heterocycles. The van der Waals surface area contributed by atoms with Crippen molar-refractivity contribution in [3.63, 3.8) is 0 Å². The maximum atomic E-state index is 8.65. The molecule has 2 atom stereocenters. The van der Waals surface area contributed by atoms with Crippen molar-refractivity contribution in [3.8, 4) is 6.07 Å². The van der Waals surface area contributed by atoms with Gasteiger partial charge in [-0.15, -0.1) is 0 Å². The summed E-state index contributed by atoms with van der Waals surface area (Å²) in [6.07, 6.45) is 0. The van der Waals surface area contributed by atoms with Gasteiger partial charge in [0.15, 0.2) is 0 Å². The van der Waals surface area contributed by atoms with Gasteiger partial charge in [0.05, 0.1) is 6.07 Å². The summed E-state index contributed by atoms with van der Waals surface area (Å²) in [7, 11) is 1.83. The molecule has 0 aliphatic carbocycles. The Balaban J connectivity index is 3.60. The average Bonchev–Trinajstić information content (AvgIpc) is 2.05. The zero-order valence-corrected chi connectivity index (χ0v) is 9.11. The van der Waals surface area contributed by atoms with Gasteiger partial charge in [0.2, 0.25) is 0 Å². The molecule has 0 fully saturated rings. The third kappa shape index (κ3) is 4.63. The predicted molar refractivity (Wildman–Crippen MR) is 55.2 cm³/mol. The van der Waals surface area contributed by atoms with Crippen LogP contribution >= 0.6 is 11.8 Å². The van der Waals surface area contributed by atoms with Crippen LogP contribution in [0.1, 0.15) is 20.8 Å². The van der Waals surface area contributed by atoms with Crippen molar-refractivity contribution in [1.29, 1.82) is 5.26 Å². The first-order chi connectivity index (χ1) is 5.61. The van der Waals surface area contributed by atoms with E-state index < -0.39 is 0 Å². The van der Waals surface area contributed by atoms with Gasteiger partial charge >= 0.3 is 0 Å². The topological polar surface area (TPSA) is 35.8 Å². The molecule has 0 rings (SSSR count). The van der Waals surface area contributed by atoms with Crippen LogP contribution in [0, 0.1) is 17.2 Å². The van der Waals surface area contributed by atoms with Crippen molar-refractivity contribution in [2.24, 2.45) is 5.92 Å². The van der Waals surface area contributed by atoms with Crippen molar-refractivity contribution in [2.45, 2.75) is 32.1 Å². The van der Waals surface area contributed by atoms with Crippen LogP contribution in [0.5, 0.6) is 0 Å². The van der Waals surface area contributed by atoms with Gasteiger partial charge < -0.3 is 5.32 Å². The van der Waals surface area contributed by atoms with E-state index in [9.17, 15) is 0 Å². The van der Waals surface area contributed by atoms with Crippen molar-refractivity contribution < 1.29 is 0 Å². The van der Waals surface area contributed by atoms with E-state index in [1.807, 2.05) is 18.8 Å². The summed E-state index contributed by atoms with van der Waals surface area (Å²) < 4.78 is 0. The maximum Gasteiger partial charge on any atom is 0.104 e. The van der Waals surface area contributed by atoms with Crippen molar-refractivity contribution in [3.05, 3.63) is 0 Å². The van der Waals surface area contributed by atoms with E-state index in [1.54, 1.807) is 0 Å². The molecule has 2 nitrogen and oxygen atoms in total. The summed E-state index contributed by atoms with van der Waals surface area (Å²) in [4.78, 5) is 0. The van der Waals surface area contributed by atoms with Gasteiger partial charge in [-0.05, 0) is 13.0 Å². The summed E-state index contributed by atoms with van der Waals surface area (Å²) in [5, 5.41) is 12.2. The standard InChI is InChI=1S/C9H18N2S/c1-7(2)8(3)12-6-9(5-10)11-4/h7-9,11H,6H2,1-4H3. The van der Waals surface area contributed by atoms with Gasteiger partial charge in [0.25, 0.3) is 0 Å². The lowest BCUT2D eigenvalue weighted by Gasteiger charge is -2.16. The molecular formula is C9H18N2S. The minimum absolute atomic E-state index is 0.00352. The number of nitriles is 1. The summed E-state index contributed by atoms with van der Waals surface area (Å²) in [6.45, 7) is 6.62. The monoisotopic (exact) mass is 186 g/mol. The molecule has 0 aromatic rings. The van der Waals surface area contributed by atoms with Crippen molar-refractivity contribution in [1.82, 2.24) is 5.32 Å². The molecule has 0 aliphatic heterocycles. The van der Waals surface area contributed by atoms with E-state index in [4.69, 9.17) is 5.26 Å². The first-order valence-electron chi connectivity index (χ1n) is 4.30. The lowest BCUT2D eigenvalue weighted by atomic mass is 10.2. The second kappa shape index (κ2) is 6.33. The van der Waals surface area contributed by atoms with Crippen LogP contribution in [-0.4, -0.2) is 24.1 Å². The van der Waals surface area contributed by atoms with Crippen LogP contribution in [0.4, 0.5) is 0 Å². The van der Waals surface area contributed by atoms with Gasteiger partial charge in [-0.3, -0.25) is 0 Å². The summed E-state index contributed by atoms with van der Waals surface area (Å²) in [5.41, 5.74) is 0. The molecule has 0 radical (unpaired) electrons. The Morgan fingerprint density at radius 1 is 1.42 bits per heavy atom. The molecule has 0 saturated carbocycles. The lowest BCUT2D eigenvalue weighted by Crippen LogP contribution is -2.26. The number of nitrogens with zero attached hydrogens (tertiary/aromatic N) is 1. The molecular weight excluding hydrogens is 168 g/mol. The van der Waals surface area contributed by atoms with E-state index >= 15 is 0 Å². The normalized spacial score (nSPS) is 15.7. The zero-order valence-electron chi connectivity index (χ0n) is 8.29. The predicted octanol–water partition coefficient (Wildman–Crippen LogP) is 1.88. The molecule has 0 saturated heterocycles. The molecule has 0 bridgehead atoms. The highest BCUT2D eigenvalue weighted by Crippen LogP contribution is 2.18. The molecule has 0 spiro atoms. The van der Waals surface area contributed by atoms with E-state index in [1.165, 1.54) is 0 Å². The lowest BCUT2D eigenvalue weighted by molar-refractivity contribution is 0.639. The molecule has 0 amide bonds. The van der Waals surface area contributed by atoms with Gasteiger partial charge in [0.1, 0.15) is 6.04 Å². The fourth-order valence-corrected chi connectivity index (χ4v) is 1.75. The summed E-state index contributed by atoms with van der Waals surface area (Å²) in [6, 6.07) is 2.21. The Morgan fingerprint density at radius 3 is 2.33 bits per heavy atom. The SMILES string of the molecule is CNC(C#N)CSC(C)C(C)C. The largest absolute Gasteiger partial charge is 0.304 e. The minimum Gasteiger partial charge on any atom is -0.304 e. The van der Waals surface area contributed by atoms with E-state index in [0.29, 0.717) is 11.2 Å². The van der Waals surface area contributed by atoms with Crippen LogP contribution in [0.2, 0.25) is 0 Å². The first-order valence-corrected chi connectivity index (χ1v) is 5.35. The van der Waals surface area contributed by atoms with E-state index in [2.05, 4.69) is 32.2 Å². The Labute approximate surface area is 79.7 Å². The average molecular weight is 186 g/mol. The summed E-state index contributed by atoms with van der Waals surface area (Å²) in [5.74, 6) is 1.57. The van der Waals surface area contributed by atoms with Crippen LogP contribution < -0.4 is 5.32 Å². The number of nitrogens with one attached hydrogen (secondary N) is 1. The molecule has 0 heterocycles. The second-order valence-corrected chi connectivity index (χ2v) is 4.66. The number of thioether (sulfide) groups is 1. The maximum absolute atomic E-state index is 8.65. The Morgan fingerprint density at radius 2 is 2.00 bits per heavy atom. The van der Waals surface area contributed by atoms with E-state index in [-0.39, 0.29) is 6.04 Å². The summed E-state index contributed by atoms with van der Waals surface area (Å²) >= 11 is 1.86. The van der Waals surface area contributed by atoms with Gasteiger partial charge in [-0.25, -0.2) is 0 Å². The highest BCUT2D eigenvalue weighted by atomic mass is 32.2. The molecule has 0 aliphatic rings. The van der Waals surface area contributed by atoms with Gasteiger partial charge in [0, 0.05) is 11.0 Å². The fraction of sp³-hybridized carbons (Fsp3) is 0.889. The van der Waals surface area contributed by atoms with Crippen LogP contribution in [0.3, 0.4) is 0 Å². The van der Waals surface area contributed by atoms with Crippen molar-refractivity contribution >= 4 is 11.8 Å². The van der Waals surface area contributed by atoms with E-state index in [0.717, 1.165) is 5.75 Å².